The number of hydrogen-bond acceptors (Lipinski definition) is 5. The van der Waals surface area contributed by atoms with E-state index in [2.05, 4.69) is 10.6 Å². The fourth-order valence-corrected chi connectivity index (χ4v) is 2.14. The van der Waals surface area contributed by atoms with E-state index in [0.717, 1.165) is 19.4 Å². The lowest BCUT2D eigenvalue weighted by Gasteiger charge is -2.23. The van der Waals surface area contributed by atoms with Gasteiger partial charge in [-0.05, 0) is 25.5 Å². The first-order chi connectivity index (χ1) is 9.61. The van der Waals surface area contributed by atoms with Crippen LogP contribution >= 0.6 is 0 Å². The third kappa shape index (κ3) is 3.24. The van der Waals surface area contributed by atoms with E-state index >= 15 is 0 Å². The lowest BCUT2D eigenvalue weighted by Crippen LogP contribution is -2.37. The van der Waals surface area contributed by atoms with E-state index in [-0.39, 0.29) is 23.4 Å². The second kappa shape index (κ2) is 6.33. The van der Waals surface area contributed by atoms with Gasteiger partial charge in [-0.3, -0.25) is 14.9 Å². The zero-order valence-electron chi connectivity index (χ0n) is 11.2. The molecule has 1 aliphatic rings. The van der Waals surface area contributed by atoms with Crippen LogP contribution in [0.1, 0.15) is 23.2 Å². The van der Waals surface area contributed by atoms with Crippen LogP contribution in [-0.4, -0.2) is 37.1 Å². The van der Waals surface area contributed by atoms with Gasteiger partial charge in [-0.15, -0.1) is 0 Å². The highest BCUT2D eigenvalue weighted by atomic mass is 16.6. The number of nitrogens with one attached hydrogen (secondary N) is 2. The number of carbonyl (C=O) groups is 1. The predicted octanol–water partition coefficient (Wildman–Crippen LogP) is 1.09. The van der Waals surface area contributed by atoms with Gasteiger partial charge in [0.2, 0.25) is 0 Å². The molecule has 1 amide bonds. The molecule has 0 saturated carbocycles. The average molecular weight is 279 g/mol. The summed E-state index contributed by atoms with van der Waals surface area (Å²) in [4.78, 5) is 22.1. The molecule has 7 nitrogen and oxygen atoms in total. The van der Waals surface area contributed by atoms with Crippen molar-refractivity contribution in [1.82, 2.24) is 10.6 Å². The van der Waals surface area contributed by atoms with Gasteiger partial charge in [-0.25, -0.2) is 0 Å². The Hall–Kier alpha value is -2.15. The Kier molecular flexibility index (Phi) is 4.52. The van der Waals surface area contributed by atoms with Crippen LogP contribution < -0.4 is 15.4 Å². The lowest BCUT2D eigenvalue weighted by atomic mass is 10.1. The third-order valence-corrected chi connectivity index (χ3v) is 3.19. The number of nitrogens with zero attached hydrogens (tertiary/aromatic N) is 1. The molecule has 0 aromatic heterocycles. The largest absolute Gasteiger partial charge is 0.482 e. The number of ether oxygens (including phenoxy) is 1. The van der Waals surface area contributed by atoms with Crippen LogP contribution in [0.4, 0.5) is 5.69 Å². The van der Waals surface area contributed by atoms with E-state index in [1.807, 2.05) is 0 Å². The molecule has 108 valence electrons. The quantitative estimate of drug-likeness (QED) is 0.635. The molecule has 1 aliphatic heterocycles. The van der Waals surface area contributed by atoms with Crippen molar-refractivity contribution in [2.45, 2.75) is 18.9 Å². The fraction of sp³-hybridized carbons (Fsp3) is 0.462. The van der Waals surface area contributed by atoms with E-state index in [1.54, 1.807) is 0 Å². The first-order valence-electron chi connectivity index (χ1n) is 6.49. The molecule has 0 aliphatic carbocycles. The van der Waals surface area contributed by atoms with Crippen LogP contribution in [0, 0.1) is 10.1 Å². The highest BCUT2D eigenvalue weighted by Gasteiger charge is 2.22. The van der Waals surface area contributed by atoms with Gasteiger partial charge in [0, 0.05) is 31.3 Å². The Labute approximate surface area is 116 Å². The summed E-state index contributed by atoms with van der Waals surface area (Å²) >= 11 is 0. The second-order valence-electron chi connectivity index (χ2n) is 4.60. The van der Waals surface area contributed by atoms with Crippen molar-refractivity contribution in [3.63, 3.8) is 0 Å². The number of nitro benzene ring substituents is 1. The Bertz CT molecular complexity index is 512. The maximum atomic E-state index is 11.6. The molecule has 1 unspecified atom stereocenters. The van der Waals surface area contributed by atoms with Crippen LogP contribution in [0.25, 0.3) is 0 Å². The molecule has 1 heterocycles. The zero-order chi connectivity index (χ0) is 14.5. The van der Waals surface area contributed by atoms with Gasteiger partial charge in [0.1, 0.15) is 6.10 Å². The molecule has 20 heavy (non-hydrogen) atoms. The molecule has 1 saturated heterocycles. The SMILES string of the molecule is CNC(=O)c1ccc([N+](=O)[O-])c(OC2CCCNC2)c1. The summed E-state index contributed by atoms with van der Waals surface area (Å²) in [7, 11) is 1.51. The fourth-order valence-electron chi connectivity index (χ4n) is 2.14. The minimum atomic E-state index is -0.501. The molecule has 1 aromatic rings. The van der Waals surface area contributed by atoms with Crippen molar-refractivity contribution in [3.05, 3.63) is 33.9 Å². The second-order valence-corrected chi connectivity index (χ2v) is 4.60. The van der Waals surface area contributed by atoms with Gasteiger partial charge >= 0.3 is 5.69 Å². The number of piperidine rings is 1. The van der Waals surface area contributed by atoms with Crippen LogP contribution in [0.2, 0.25) is 0 Å². The van der Waals surface area contributed by atoms with Gasteiger partial charge in [0.25, 0.3) is 5.91 Å². The topological polar surface area (TPSA) is 93.5 Å². The molecule has 1 fully saturated rings. The number of amides is 1. The maximum absolute atomic E-state index is 11.6. The van der Waals surface area contributed by atoms with Crippen molar-refractivity contribution in [2.24, 2.45) is 0 Å². The van der Waals surface area contributed by atoms with E-state index in [9.17, 15) is 14.9 Å². The van der Waals surface area contributed by atoms with E-state index in [0.29, 0.717) is 12.1 Å². The summed E-state index contributed by atoms with van der Waals surface area (Å²) in [5.41, 5.74) is 0.222. The molecular weight excluding hydrogens is 262 g/mol. The molecular formula is C13H17N3O4. The van der Waals surface area contributed by atoms with E-state index < -0.39 is 4.92 Å². The van der Waals surface area contributed by atoms with Crippen LogP contribution in [-0.2, 0) is 0 Å². The van der Waals surface area contributed by atoms with Crippen molar-refractivity contribution >= 4 is 11.6 Å². The Morgan fingerprint density at radius 1 is 1.55 bits per heavy atom. The molecule has 1 atom stereocenters. The first kappa shape index (κ1) is 14.3. The Morgan fingerprint density at radius 2 is 2.35 bits per heavy atom. The van der Waals surface area contributed by atoms with Crippen molar-refractivity contribution in [1.29, 1.82) is 0 Å². The minimum Gasteiger partial charge on any atom is -0.482 e. The summed E-state index contributed by atoms with van der Waals surface area (Å²) in [6.45, 7) is 1.58. The average Bonchev–Trinajstić information content (AvgIpc) is 2.47. The van der Waals surface area contributed by atoms with Crippen LogP contribution in [0.5, 0.6) is 5.75 Å². The molecule has 1 aromatic carbocycles. The van der Waals surface area contributed by atoms with Crippen molar-refractivity contribution < 1.29 is 14.5 Å². The van der Waals surface area contributed by atoms with Crippen LogP contribution in [0.3, 0.4) is 0 Å². The molecule has 7 heteroatoms. The van der Waals surface area contributed by atoms with E-state index in [1.165, 1.54) is 25.2 Å². The number of nitro groups is 1. The monoisotopic (exact) mass is 279 g/mol. The van der Waals surface area contributed by atoms with Gasteiger partial charge in [-0.1, -0.05) is 0 Å². The maximum Gasteiger partial charge on any atom is 0.310 e. The number of benzene rings is 1. The third-order valence-electron chi connectivity index (χ3n) is 3.19. The smallest absolute Gasteiger partial charge is 0.310 e. The zero-order valence-corrected chi connectivity index (χ0v) is 11.2. The summed E-state index contributed by atoms with van der Waals surface area (Å²) in [6.07, 6.45) is 1.70. The number of hydrogen-bond donors (Lipinski definition) is 2. The number of rotatable bonds is 4. The lowest BCUT2D eigenvalue weighted by molar-refractivity contribution is -0.386. The molecule has 0 bridgehead atoms. The van der Waals surface area contributed by atoms with E-state index in [4.69, 9.17) is 4.74 Å². The molecule has 0 radical (unpaired) electrons. The first-order valence-corrected chi connectivity index (χ1v) is 6.49. The van der Waals surface area contributed by atoms with Gasteiger partial charge in [-0.2, -0.15) is 0 Å². The molecule has 0 spiro atoms. The van der Waals surface area contributed by atoms with Crippen molar-refractivity contribution in [2.75, 3.05) is 20.1 Å². The van der Waals surface area contributed by atoms with Gasteiger partial charge in [0.05, 0.1) is 4.92 Å². The van der Waals surface area contributed by atoms with Crippen molar-refractivity contribution in [3.8, 4) is 5.75 Å². The van der Waals surface area contributed by atoms with Gasteiger partial charge in [0.15, 0.2) is 5.75 Å². The molecule has 2 N–H and O–H groups in total. The van der Waals surface area contributed by atoms with Gasteiger partial charge < -0.3 is 15.4 Å². The Balaban J connectivity index is 2.26. The highest BCUT2D eigenvalue weighted by molar-refractivity contribution is 5.94. The summed E-state index contributed by atoms with van der Waals surface area (Å²) < 4.78 is 5.70. The summed E-state index contributed by atoms with van der Waals surface area (Å²) in [5.74, 6) is -0.156. The molecule has 2 rings (SSSR count). The van der Waals surface area contributed by atoms with Crippen LogP contribution in [0.15, 0.2) is 18.2 Å². The Morgan fingerprint density at radius 3 is 2.95 bits per heavy atom. The summed E-state index contributed by atoms with van der Waals surface area (Å²) in [5, 5.41) is 16.7. The highest BCUT2D eigenvalue weighted by Crippen LogP contribution is 2.29. The summed E-state index contributed by atoms with van der Waals surface area (Å²) in [6, 6.07) is 4.14. The normalized spacial score (nSPS) is 18.4. The minimum absolute atomic E-state index is 0.109. The predicted molar refractivity (Wildman–Crippen MR) is 73.0 cm³/mol. The number of carbonyl (C=O) groups excluding carboxylic acids is 1. The standard InChI is InChI=1S/C13H17N3O4/c1-14-13(17)9-4-5-11(16(18)19)12(7-9)20-10-3-2-6-15-8-10/h4-5,7,10,15H,2-3,6,8H2,1H3,(H,14,17).